The molecule has 1 aromatic rings. The molecule has 0 aliphatic rings. The fourth-order valence-electron chi connectivity index (χ4n) is 1.17. The number of carboxylic acids is 1. The van der Waals surface area contributed by atoms with Crippen LogP contribution in [0, 0.1) is 0 Å². The maximum absolute atomic E-state index is 10.5. The Morgan fingerprint density at radius 2 is 2.20 bits per heavy atom. The van der Waals surface area contributed by atoms with Crippen LogP contribution < -0.4 is 5.73 Å². The molecule has 1 aromatic carbocycles. The summed E-state index contributed by atoms with van der Waals surface area (Å²) in [6.45, 7) is 0. The largest absolute Gasteiger partial charge is 0.508 e. The van der Waals surface area contributed by atoms with E-state index in [0.717, 1.165) is 5.56 Å². The molecule has 0 aromatic heterocycles. The lowest BCUT2D eigenvalue weighted by molar-refractivity contribution is -0.138. The van der Waals surface area contributed by atoms with Crippen molar-refractivity contribution in [2.24, 2.45) is 5.73 Å². The fourth-order valence-corrected chi connectivity index (χ4v) is 1.44. The molecule has 15 heavy (non-hydrogen) atoms. The number of aromatic hydroxyl groups is 1. The average molecular weight is 230 g/mol. The Morgan fingerprint density at radius 3 is 2.73 bits per heavy atom. The van der Waals surface area contributed by atoms with Gasteiger partial charge >= 0.3 is 5.97 Å². The summed E-state index contributed by atoms with van der Waals surface area (Å²) < 4.78 is 0. The van der Waals surface area contributed by atoms with E-state index in [4.69, 9.17) is 27.5 Å². The van der Waals surface area contributed by atoms with Crippen molar-refractivity contribution >= 4 is 17.6 Å². The van der Waals surface area contributed by atoms with Crippen LogP contribution in [0.2, 0.25) is 5.02 Å². The molecule has 0 spiro atoms. The lowest BCUT2D eigenvalue weighted by Crippen LogP contribution is -2.30. The van der Waals surface area contributed by atoms with E-state index in [1.165, 1.54) is 12.1 Å². The minimum Gasteiger partial charge on any atom is -0.508 e. The Labute approximate surface area is 92.3 Å². The molecule has 0 saturated carbocycles. The number of hydrogen-bond acceptors (Lipinski definition) is 3. The van der Waals surface area contributed by atoms with Gasteiger partial charge in [0.1, 0.15) is 11.8 Å². The predicted octanol–water partition coefficient (Wildman–Crippen LogP) is 1.39. The Balaban J connectivity index is 2.62. The van der Waals surface area contributed by atoms with Crippen LogP contribution in [-0.4, -0.2) is 22.2 Å². The van der Waals surface area contributed by atoms with Crippen LogP contribution in [0.25, 0.3) is 0 Å². The summed E-state index contributed by atoms with van der Waals surface area (Å²) in [5, 5.41) is 18.1. The molecule has 0 saturated heterocycles. The van der Waals surface area contributed by atoms with Crippen LogP contribution in [0.1, 0.15) is 12.0 Å². The normalized spacial score (nSPS) is 12.4. The minimum absolute atomic E-state index is 0.0892. The van der Waals surface area contributed by atoms with Crippen molar-refractivity contribution in [2.45, 2.75) is 18.9 Å². The van der Waals surface area contributed by atoms with Crippen molar-refractivity contribution in [3.63, 3.8) is 0 Å². The van der Waals surface area contributed by atoms with E-state index in [1.807, 2.05) is 0 Å². The van der Waals surface area contributed by atoms with Crippen LogP contribution in [0.3, 0.4) is 0 Å². The number of nitrogens with two attached hydrogens (primary N) is 1. The standard InChI is InChI=1S/C10H12ClNO3/c11-8-5-7(13)3-1-6(8)2-4-9(12)10(14)15/h1,3,5,9,13H,2,4,12H2,(H,14,15)/t9-/m1/s1. The smallest absolute Gasteiger partial charge is 0.320 e. The van der Waals surface area contributed by atoms with E-state index >= 15 is 0 Å². The summed E-state index contributed by atoms with van der Waals surface area (Å²) in [6, 6.07) is 3.71. The summed E-state index contributed by atoms with van der Waals surface area (Å²) in [4.78, 5) is 10.5. The first kappa shape index (κ1) is 11.8. The third kappa shape index (κ3) is 3.42. The Bertz CT molecular complexity index is 368. The molecule has 1 atom stereocenters. The molecule has 0 amide bonds. The van der Waals surface area contributed by atoms with E-state index in [2.05, 4.69) is 0 Å². The number of aliphatic carboxylic acids is 1. The molecule has 1 rings (SSSR count). The van der Waals surface area contributed by atoms with E-state index in [9.17, 15) is 4.79 Å². The maximum atomic E-state index is 10.5. The zero-order valence-corrected chi connectivity index (χ0v) is 8.74. The highest BCUT2D eigenvalue weighted by Crippen LogP contribution is 2.22. The number of halogens is 1. The van der Waals surface area contributed by atoms with Crippen molar-refractivity contribution in [1.29, 1.82) is 0 Å². The van der Waals surface area contributed by atoms with Gasteiger partial charge in [0.05, 0.1) is 0 Å². The maximum Gasteiger partial charge on any atom is 0.320 e. The molecule has 0 unspecified atom stereocenters. The first-order valence-electron chi connectivity index (χ1n) is 4.46. The number of phenolic OH excluding ortho intramolecular Hbond substituents is 1. The molecule has 0 heterocycles. The number of rotatable bonds is 4. The van der Waals surface area contributed by atoms with Gasteiger partial charge in [0.15, 0.2) is 0 Å². The zero-order chi connectivity index (χ0) is 11.4. The molecule has 5 heteroatoms. The number of carbonyl (C=O) groups is 1. The number of aryl methyl sites for hydroxylation is 1. The third-order valence-corrected chi connectivity index (χ3v) is 2.43. The summed E-state index contributed by atoms with van der Waals surface area (Å²) in [5.74, 6) is -0.934. The monoisotopic (exact) mass is 229 g/mol. The molecular weight excluding hydrogens is 218 g/mol. The molecular formula is C10H12ClNO3. The highest BCUT2D eigenvalue weighted by atomic mass is 35.5. The second-order valence-electron chi connectivity index (χ2n) is 3.26. The Kier molecular flexibility index (Phi) is 3.94. The number of hydrogen-bond donors (Lipinski definition) is 3. The van der Waals surface area contributed by atoms with E-state index in [-0.39, 0.29) is 5.75 Å². The number of carboxylic acid groups (broad SMARTS) is 1. The molecule has 82 valence electrons. The number of phenols is 1. The molecule has 0 aliphatic carbocycles. The molecule has 0 bridgehead atoms. The van der Waals surface area contributed by atoms with Gasteiger partial charge in [-0.3, -0.25) is 4.79 Å². The van der Waals surface area contributed by atoms with Crippen LogP contribution >= 0.6 is 11.6 Å². The quantitative estimate of drug-likeness (QED) is 0.729. The van der Waals surface area contributed by atoms with Crippen molar-refractivity contribution in [3.8, 4) is 5.75 Å². The first-order valence-corrected chi connectivity index (χ1v) is 4.84. The topological polar surface area (TPSA) is 83.5 Å². The van der Waals surface area contributed by atoms with Gasteiger partial charge in [-0.1, -0.05) is 17.7 Å². The van der Waals surface area contributed by atoms with Gasteiger partial charge in [0, 0.05) is 5.02 Å². The van der Waals surface area contributed by atoms with Gasteiger partial charge in [-0.05, 0) is 30.5 Å². The SMILES string of the molecule is N[C@H](CCc1ccc(O)cc1Cl)C(=O)O. The average Bonchev–Trinajstić information content (AvgIpc) is 2.15. The van der Waals surface area contributed by atoms with Crippen molar-refractivity contribution < 1.29 is 15.0 Å². The first-order chi connectivity index (χ1) is 7.00. The minimum atomic E-state index is -1.02. The predicted molar refractivity (Wildman–Crippen MR) is 57.0 cm³/mol. The Morgan fingerprint density at radius 1 is 1.53 bits per heavy atom. The van der Waals surface area contributed by atoms with Crippen molar-refractivity contribution in [3.05, 3.63) is 28.8 Å². The zero-order valence-electron chi connectivity index (χ0n) is 7.98. The highest BCUT2D eigenvalue weighted by Gasteiger charge is 2.12. The molecule has 4 N–H and O–H groups in total. The van der Waals surface area contributed by atoms with E-state index in [0.29, 0.717) is 17.9 Å². The highest BCUT2D eigenvalue weighted by molar-refractivity contribution is 6.31. The fraction of sp³-hybridized carbons (Fsp3) is 0.300. The Hall–Kier alpha value is -1.26. The van der Waals surface area contributed by atoms with Gasteiger partial charge in [-0.25, -0.2) is 0 Å². The van der Waals surface area contributed by atoms with Gasteiger partial charge < -0.3 is 15.9 Å². The third-order valence-electron chi connectivity index (χ3n) is 2.08. The summed E-state index contributed by atoms with van der Waals surface area (Å²) in [7, 11) is 0. The number of benzene rings is 1. The van der Waals surface area contributed by atoms with E-state index < -0.39 is 12.0 Å². The summed E-state index contributed by atoms with van der Waals surface area (Å²) in [5.41, 5.74) is 6.14. The molecule has 0 radical (unpaired) electrons. The molecule has 0 aliphatic heterocycles. The molecule has 0 fully saturated rings. The van der Waals surface area contributed by atoms with Crippen LogP contribution in [0.15, 0.2) is 18.2 Å². The molecule has 4 nitrogen and oxygen atoms in total. The van der Waals surface area contributed by atoms with Gasteiger partial charge in [0.2, 0.25) is 0 Å². The second kappa shape index (κ2) is 5.00. The second-order valence-corrected chi connectivity index (χ2v) is 3.67. The van der Waals surface area contributed by atoms with E-state index in [1.54, 1.807) is 6.07 Å². The van der Waals surface area contributed by atoms with Crippen LogP contribution in [0.5, 0.6) is 5.75 Å². The van der Waals surface area contributed by atoms with Gasteiger partial charge in [-0.15, -0.1) is 0 Å². The van der Waals surface area contributed by atoms with Crippen LogP contribution in [-0.2, 0) is 11.2 Å². The van der Waals surface area contributed by atoms with Crippen molar-refractivity contribution in [1.82, 2.24) is 0 Å². The van der Waals surface area contributed by atoms with Gasteiger partial charge in [0.25, 0.3) is 0 Å². The lowest BCUT2D eigenvalue weighted by Gasteiger charge is -2.07. The van der Waals surface area contributed by atoms with Gasteiger partial charge in [-0.2, -0.15) is 0 Å². The van der Waals surface area contributed by atoms with Crippen LogP contribution in [0.4, 0.5) is 0 Å². The van der Waals surface area contributed by atoms with Crippen molar-refractivity contribution in [2.75, 3.05) is 0 Å². The lowest BCUT2D eigenvalue weighted by atomic mass is 10.1. The summed E-state index contributed by atoms with van der Waals surface area (Å²) in [6.07, 6.45) is 0.798. The summed E-state index contributed by atoms with van der Waals surface area (Å²) >= 11 is 5.84.